The number of carbonyl (C=O) groups excluding carboxylic acids is 1. The Hall–Kier alpha value is -2.49. The lowest BCUT2D eigenvalue weighted by atomic mass is 10.1. The van der Waals surface area contributed by atoms with Crippen molar-refractivity contribution in [3.63, 3.8) is 0 Å². The Morgan fingerprint density at radius 1 is 1.26 bits per heavy atom. The van der Waals surface area contributed by atoms with Crippen molar-refractivity contribution >= 4 is 12.1 Å². The van der Waals surface area contributed by atoms with Gasteiger partial charge in [-0.15, -0.1) is 0 Å². The van der Waals surface area contributed by atoms with Crippen molar-refractivity contribution in [1.82, 2.24) is 10.4 Å². The van der Waals surface area contributed by atoms with E-state index < -0.39 is 0 Å². The molecule has 1 aromatic heterocycles. The molecule has 0 aliphatic heterocycles. The molecule has 0 spiro atoms. The highest BCUT2D eigenvalue weighted by Gasteiger charge is 2.04. The average molecular weight is 253 g/mol. The van der Waals surface area contributed by atoms with Crippen molar-refractivity contribution in [2.45, 2.75) is 13.8 Å². The first-order valence-corrected chi connectivity index (χ1v) is 5.97. The lowest BCUT2D eigenvalue weighted by molar-refractivity contribution is 0.0955. The second-order valence-corrected chi connectivity index (χ2v) is 4.28. The number of benzene rings is 1. The van der Waals surface area contributed by atoms with E-state index in [-0.39, 0.29) is 5.91 Å². The molecule has 1 N–H and O–H groups in total. The van der Waals surface area contributed by atoms with Crippen LogP contribution in [0.3, 0.4) is 0 Å². The lowest BCUT2D eigenvalue weighted by Crippen LogP contribution is -2.17. The van der Waals surface area contributed by atoms with Gasteiger partial charge in [-0.25, -0.2) is 5.43 Å². The Morgan fingerprint density at radius 2 is 2.11 bits per heavy atom. The summed E-state index contributed by atoms with van der Waals surface area (Å²) in [6.07, 6.45) is 4.92. The van der Waals surface area contributed by atoms with E-state index in [0.717, 1.165) is 16.7 Å². The monoisotopic (exact) mass is 253 g/mol. The molecule has 1 heterocycles. The Morgan fingerprint density at radius 3 is 2.79 bits per heavy atom. The van der Waals surface area contributed by atoms with Gasteiger partial charge in [0.2, 0.25) is 0 Å². The van der Waals surface area contributed by atoms with Crippen LogP contribution in [0.4, 0.5) is 0 Å². The fourth-order valence-corrected chi connectivity index (χ4v) is 1.56. The maximum absolute atomic E-state index is 11.9. The van der Waals surface area contributed by atoms with Gasteiger partial charge >= 0.3 is 0 Å². The molecule has 2 rings (SSSR count). The zero-order valence-corrected chi connectivity index (χ0v) is 10.9. The predicted octanol–water partition coefficient (Wildman–Crippen LogP) is 2.46. The number of nitrogens with zero attached hydrogens (tertiary/aromatic N) is 2. The molecule has 0 aliphatic carbocycles. The standard InChI is InChI=1S/C15H15N3O/c1-11-5-6-14(8-12(11)2)15(19)18-17-10-13-4-3-7-16-9-13/h3-10H,1-2H3,(H,18,19)/b17-10+. The van der Waals surface area contributed by atoms with E-state index in [1.807, 2.05) is 38.1 Å². The first-order valence-electron chi connectivity index (χ1n) is 5.97. The fourth-order valence-electron chi connectivity index (χ4n) is 1.56. The van der Waals surface area contributed by atoms with E-state index in [2.05, 4.69) is 15.5 Å². The highest BCUT2D eigenvalue weighted by molar-refractivity contribution is 5.95. The molecule has 4 nitrogen and oxygen atoms in total. The molecule has 0 atom stereocenters. The Labute approximate surface area is 112 Å². The predicted molar refractivity (Wildman–Crippen MR) is 75.2 cm³/mol. The van der Waals surface area contributed by atoms with Crippen LogP contribution >= 0.6 is 0 Å². The van der Waals surface area contributed by atoms with Crippen LogP contribution in [-0.2, 0) is 0 Å². The summed E-state index contributed by atoms with van der Waals surface area (Å²) < 4.78 is 0. The number of carbonyl (C=O) groups is 1. The smallest absolute Gasteiger partial charge is 0.267 e. The van der Waals surface area contributed by atoms with Gasteiger partial charge in [-0.2, -0.15) is 5.10 Å². The van der Waals surface area contributed by atoms with E-state index in [9.17, 15) is 4.79 Å². The molecular formula is C15H15N3O. The minimum Gasteiger partial charge on any atom is -0.267 e. The van der Waals surface area contributed by atoms with Gasteiger partial charge in [0.25, 0.3) is 5.91 Å². The van der Waals surface area contributed by atoms with Crippen molar-refractivity contribution in [2.24, 2.45) is 5.10 Å². The van der Waals surface area contributed by atoms with Gasteiger partial charge in [-0.3, -0.25) is 9.78 Å². The lowest BCUT2D eigenvalue weighted by Gasteiger charge is -2.03. The first-order chi connectivity index (χ1) is 9.16. The van der Waals surface area contributed by atoms with Crippen LogP contribution in [0.15, 0.2) is 47.8 Å². The van der Waals surface area contributed by atoms with Crippen LogP contribution in [0.2, 0.25) is 0 Å². The van der Waals surface area contributed by atoms with Gasteiger partial charge in [-0.1, -0.05) is 12.1 Å². The van der Waals surface area contributed by atoms with Crippen molar-refractivity contribution in [3.8, 4) is 0 Å². The zero-order valence-electron chi connectivity index (χ0n) is 10.9. The Kier molecular flexibility index (Phi) is 4.03. The zero-order chi connectivity index (χ0) is 13.7. The SMILES string of the molecule is Cc1ccc(C(=O)N/N=C/c2cccnc2)cc1C. The molecule has 2 aromatic rings. The van der Waals surface area contributed by atoms with Gasteiger partial charge in [0.05, 0.1) is 6.21 Å². The van der Waals surface area contributed by atoms with Gasteiger partial charge in [0, 0.05) is 23.5 Å². The summed E-state index contributed by atoms with van der Waals surface area (Å²) in [5, 5.41) is 3.91. The van der Waals surface area contributed by atoms with Gasteiger partial charge in [0.15, 0.2) is 0 Å². The van der Waals surface area contributed by atoms with Gasteiger partial charge in [0.1, 0.15) is 0 Å². The number of amides is 1. The summed E-state index contributed by atoms with van der Waals surface area (Å²) in [7, 11) is 0. The molecule has 1 amide bonds. The number of aryl methyl sites for hydroxylation is 2. The van der Waals surface area contributed by atoms with E-state index in [1.165, 1.54) is 0 Å². The second kappa shape index (κ2) is 5.91. The molecule has 4 heteroatoms. The molecule has 0 saturated carbocycles. The highest BCUT2D eigenvalue weighted by Crippen LogP contribution is 2.09. The molecule has 0 bridgehead atoms. The number of hydrazone groups is 1. The number of rotatable bonds is 3. The number of nitrogens with one attached hydrogen (secondary N) is 1. The summed E-state index contributed by atoms with van der Waals surface area (Å²) in [5.41, 5.74) is 6.19. The van der Waals surface area contributed by atoms with Crippen LogP contribution in [0, 0.1) is 13.8 Å². The van der Waals surface area contributed by atoms with Crippen LogP contribution in [0.1, 0.15) is 27.0 Å². The number of hydrogen-bond acceptors (Lipinski definition) is 3. The van der Waals surface area contributed by atoms with Gasteiger partial charge < -0.3 is 0 Å². The summed E-state index contributed by atoms with van der Waals surface area (Å²) in [6.45, 7) is 3.99. The number of hydrogen-bond donors (Lipinski definition) is 1. The summed E-state index contributed by atoms with van der Waals surface area (Å²) in [6, 6.07) is 9.24. The van der Waals surface area contributed by atoms with Crippen LogP contribution in [0.5, 0.6) is 0 Å². The van der Waals surface area contributed by atoms with Crippen LogP contribution in [-0.4, -0.2) is 17.1 Å². The van der Waals surface area contributed by atoms with E-state index in [4.69, 9.17) is 0 Å². The van der Waals surface area contributed by atoms with Crippen molar-refractivity contribution in [3.05, 3.63) is 65.0 Å². The largest absolute Gasteiger partial charge is 0.271 e. The van der Waals surface area contributed by atoms with Gasteiger partial charge in [-0.05, 0) is 43.2 Å². The average Bonchev–Trinajstić information content (AvgIpc) is 2.43. The van der Waals surface area contributed by atoms with Crippen molar-refractivity contribution in [2.75, 3.05) is 0 Å². The molecule has 0 radical (unpaired) electrons. The molecule has 0 fully saturated rings. The quantitative estimate of drug-likeness (QED) is 0.674. The normalized spacial score (nSPS) is 10.6. The minimum atomic E-state index is -0.219. The summed E-state index contributed by atoms with van der Waals surface area (Å²) >= 11 is 0. The fraction of sp³-hybridized carbons (Fsp3) is 0.133. The molecule has 0 saturated heterocycles. The van der Waals surface area contributed by atoms with Crippen LogP contribution < -0.4 is 5.43 Å². The summed E-state index contributed by atoms with van der Waals surface area (Å²) in [4.78, 5) is 15.8. The molecule has 96 valence electrons. The molecule has 0 aliphatic rings. The molecule has 0 unspecified atom stereocenters. The molecule has 1 aromatic carbocycles. The molecular weight excluding hydrogens is 238 g/mol. The topological polar surface area (TPSA) is 54.4 Å². The second-order valence-electron chi connectivity index (χ2n) is 4.28. The van der Waals surface area contributed by atoms with E-state index >= 15 is 0 Å². The minimum absolute atomic E-state index is 0.219. The number of pyridine rings is 1. The number of aromatic nitrogens is 1. The maximum Gasteiger partial charge on any atom is 0.271 e. The summed E-state index contributed by atoms with van der Waals surface area (Å²) in [5.74, 6) is -0.219. The van der Waals surface area contributed by atoms with Crippen molar-refractivity contribution < 1.29 is 4.79 Å². The van der Waals surface area contributed by atoms with Crippen molar-refractivity contribution in [1.29, 1.82) is 0 Å². The van der Waals surface area contributed by atoms with E-state index in [1.54, 1.807) is 24.7 Å². The third-order valence-electron chi connectivity index (χ3n) is 2.83. The molecule has 19 heavy (non-hydrogen) atoms. The Balaban J connectivity index is 2.01. The highest BCUT2D eigenvalue weighted by atomic mass is 16.2. The maximum atomic E-state index is 11.9. The van der Waals surface area contributed by atoms with Crippen LogP contribution in [0.25, 0.3) is 0 Å². The first kappa shape index (κ1) is 13.0. The van der Waals surface area contributed by atoms with E-state index in [0.29, 0.717) is 5.56 Å². The third kappa shape index (κ3) is 3.48. The Bertz CT molecular complexity index is 606. The third-order valence-corrected chi connectivity index (χ3v) is 2.83.